The fourth-order valence-electron chi connectivity index (χ4n) is 2.63. The van der Waals surface area contributed by atoms with Crippen molar-refractivity contribution in [1.29, 1.82) is 0 Å². The highest BCUT2D eigenvalue weighted by Gasteiger charge is 2.36. The van der Waals surface area contributed by atoms with Crippen LogP contribution >= 0.6 is 0 Å². The third-order valence-electron chi connectivity index (χ3n) is 3.68. The van der Waals surface area contributed by atoms with Gasteiger partial charge in [-0.3, -0.25) is 14.3 Å². The summed E-state index contributed by atoms with van der Waals surface area (Å²) in [5.41, 5.74) is 0.776. The van der Waals surface area contributed by atoms with Gasteiger partial charge in [0.15, 0.2) is 0 Å². The average Bonchev–Trinajstić information content (AvgIpc) is 3.03. The zero-order chi connectivity index (χ0) is 17.0. The van der Waals surface area contributed by atoms with Crippen LogP contribution in [0.2, 0.25) is 0 Å². The number of rotatable bonds is 4. The molecule has 1 aromatic rings. The van der Waals surface area contributed by atoms with E-state index < -0.39 is 35.1 Å². The van der Waals surface area contributed by atoms with E-state index in [4.69, 9.17) is 4.74 Å². The number of hydrogen-bond donors (Lipinski definition) is 2. The Bertz CT molecular complexity index is 636. The third-order valence-corrected chi connectivity index (χ3v) is 4.41. The summed E-state index contributed by atoms with van der Waals surface area (Å²) in [7, 11) is 2.52. The van der Waals surface area contributed by atoms with Crippen LogP contribution < -0.4 is 10.6 Å². The Morgan fingerprint density at radius 2 is 2.09 bits per heavy atom. The minimum absolute atomic E-state index is 0.0636. The summed E-state index contributed by atoms with van der Waals surface area (Å²) in [6.45, 7) is 0.560. The topological polar surface area (TPSA) is 117 Å². The molecule has 23 heavy (non-hydrogen) atoms. The summed E-state index contributed by atoms with van der Waals surface area (Å²) in [4.78, 5) is 23.3. The molecule has 0 bridgehead atoms. The van der Waals surface area contributed by atoms with Gasteiger partial charge in [-0.05, 0) is 47.8 Å². The average molecular weight is 341 g/mol. The molecule has 0 radical (unpaired) electrons. The summed E-state index contributed by atoms with van der Waals surface area (Å²) in [6, 6.07) is 3.84. The van der Waals surface area contributed by atoms with Crippen LogP contribution in [0.5, 0.6) is 0 Å². The van der Waals surface area contributed by atoms with Crippen LogP contribution in [-0.4, -0.2) is 41.6 Å². The minimum Gasteiger partial charge on any atom is -0.768 e. The van der Waals surface area contributed by atoms with Gasteiger partial charge in [0.25, 0.3) is 0 Å². The number of benzene rings is 1. The van der Waals surface area contributed by atoms with Gasteiger partial charge < -0.3 is 19.3 Å². The Morgan fingerprint density at radius 1 is 1.35 bits per heavy atom. The number of anilines is 1. The van der Waals surface area contributed by atoms with Gasteiger partial charge in [-0.15, -0.1) is 0 Å². The number of hydrogen-bond acceptors (Lipinski definition) is 7. The first-order valence-electron chi connectivity index (χ1n) is 6.87. The van der Waals surface area contributed by atoms with Crippen LogP contribution in [0, 0.1) is 5.92 Å². The highest BCUT2D eigenvalue weighted by molar-refractivity contribution is 7.79. The van der Waals surface area contributed by atoms with Crippen molar-refractivity contribution in [3.05, 3.63) is 23.8 Å². The van der Waals surface area contributed by atoms with Crippen molar-refractivity contribution in [2.45, 2.75) is 17.4 Å². The number of amides is 1. The smallest absolute Gasteiger partial charge is 0.411 e. The Morgan fingerprint density at radius 3 is 2.70 bits per heavy atom. The number of methoxy groups -OCH3 is 2. The lowest BCUT2D eigenvalue weighted by molar-refractivity contribution is -0.145. The van der Waals surface area contributed by atoms with Gasteiger partial charge in [0.1, 0.15) is 0 Å². The second-order valence-corrected chi connectivity index (χ2v) is 5.86. The summed E-state index contributed by atoms with van der Waals surface area (Å²) < 4.78 is 32.2. The van der Waals surface area contributed by atoms with E-state index in [-0.39, 0.29) is 4.90 Å². The van der Waals surface area contributed by atoms with E-state index in [0.717, 1.165) is 0 Å². The summed E-state index contributed by atoms with van der Waals surface area (Å²) >= 11 is -2.48. The maximum absolute atomic E-state index is 11.9. The normalized spacial score (nSPS) is 21.5. The molecule has 1 fully saturated rings. The lowest BCUT2D eigenvalue weighted by Gasteiger charge is -2.22. The van der Waals surface area contributed by atoms with Crippen LogP contribution in [-0.2, 0) is 25.3 Å². The Balaban J connectivity index is 2.40. The second kappa shape index (κ2) is 7.53. The lowest BCUT2D eigenvalue weighted by Crippen LogP contribution is -2.26. The van der Waals surface area contributed by atoms with E-state index in [1.165, 1.54) is 32.4 Å². The number of esters is 1. The zero-order valence-corrected chi connectivity index (χ0v) is 13.5. The molecular formula is C14H17N2O6S-. The lowest BCUT2D eigenvalue weighted by atomic mass is 9.94. The fourth-order valence-corrected chi connectivity index (χ4v) is 3.18. The Kier molecular flexibility index (Phi) is 5.69. The molecule has 2 rings (SSSR count). The van der Waals surface area contributed by atoms with E-state index in [9.17, 15) is 18.4 Å². The van der Waals surface area contributed by atoms with Crippen molar-refractivity contribution in [2.24, 2.45) is 5.92 Å². The molecule has 0 spiro atoms. The SMILES string of the molecule is COC(=O)Nc1ccc(S(=O)[O-])c([C@H]2NCC[C@H]2C(=O)OC)c1. The molecule has 1 aromatic carbocycles. The molecule has 0 aromatic heterocycles. The quantitative estimate of drug-likeness (QED) is 0.618. The molecule has 1 aliphatic heterocycles. The van der Waals surface area contributed by atoms with Gasteiger partial charge >= 0.3 is 12.1 Å². The standard InChI is InChI=1S/C14H18N2O6S/c1-21-13(17)9-5-6-15-12(9)10-7-8(16-14(18)22-2)3-4-11(10)23(19)20/h3-4,7,9,12,15H,5-6H2,1-2H3,(H,16,18)(H,19,20)/p-1/t9-,12+/m1/s1. The largest absolute Gasteiger partial charge is 0.768 e. The molecule has 1 unspecified atom stereocenters. The van der Waals surface area contributed by atoms with Crippen LogP contribution in [0.3, 0.4) is 0 Å². The number of nitrogens with one attached hydrogen (secondary N) is 2. The van der Waals surface area contributed by atoms with Gasteiger partial charge in [0.2, 0.25) is 0 Å². The van der Waals surface area contributed by atoms with Crippen LogP contribution in [0.1, 0.15) is 18.0 Å². The van der Waals surface area contributed by atoms with Gasteiger partial charge in [0, 0.05) is 16.6 Å². The molecule has 2 N–H and O–H groups in total. The van der Waals surface area contributed by atoms with Gasteiger partial charge in [0.05, 0.1) is 20.1 Å². The predicted octanol–water partition coefficient (Wildman–Crippen LogP) is 0.926. The van der Waals surface area contributed by atoms with E-state index in [0.29, 0.717) is 24.2 Å². The molecule has 0 aliphatic carbocycles. The summed E-state index contributed by atoms with van der Waals surface area (Å²) in [6.07, 6.45) is -0.132. The predicted molar refractivity (Wildman–Crippen MR) is 80.5 cm³/mol. The monoisotopic (exact) mass is 341 g/mol. The third kappa shape index (κ3) is 3.87. The Labute approximate surface area is 135 Å². The zero-order valence-electron chi connectivity index (χ0n) is 12.7. The fraction of sp³-hybridized carbons (Fsp3) is 0.429. The molecule has 1 amide bonds. The van der Waals surface area contributed by atoms with E-state index in [2.05, 4.69) is 15.4 Å². The van der Waals surface area contributed by atoms with Crippen molar-refractivity contribution >= 4 is 28.8 Å². The van der Waals surface area contributed by atoms with E-state index in [1.54, 1.807) is 0 Å². The van der Waals surface area contributed by atoms with Crippen molar-refractivity contribution in [3.63, 3.8) is 0 Å². The first kappa shape index (κ1) is 17.4. The highest BCUT2D eigenvalue weighted by Crippen LogP contribution is 2.35. The maximum Gasteiger partial charge on any atom is 0.411 e. The van der Waals surface area contributed by atoms with Crippen LogP contribution in [0.4, 0.5) is 10.5 Å². The summed E-state index contributed by atoms with van der Waals surface area (Å²) in [5.74, 6) is -0.898. The van der Waals surface area contributed by atoms with Crippen LogP contribution in [0.25, 0.3) is 0 Å². The van der Waals surface area contributed by atoms with E-state index in [1.807, 2.05) is 0 Å². The molecule has 126 valence electrons. The van der Waals surface area contributed by atoms with Gasteiger partial charge in [-0.2, -0.15) is 0 Å². The molecule has 9 heteroatoms. The first-order valence-corrected chi connectivity index (χ1v) is 7.94. The Hall–Kier alpha value is -1.97. The van der Waals surface area contributed by atoms with Gasteiger partial charge in [-0.1, -0.05) is 0 Å². The number of ether oxygens (including phenoxy) is 2. The molecule has 1 aliphatic rings. The molecule has 1 heterocycles. The minimum atomic E-state index is -2.48. The molecule has 3 atom stereocenters. The van der Waals surface area contributed by atoms with Crippen molar-refractivity contribution in [2.75, 3.05) is 26.1 Å². The number of carbonyl (C=O) groups is 2. The van der Waals surface area contributed by atoms with Gasteiger partial charge in [-0.25, -0.2) is 4.79 Å². The van der Waals surface area contributed by atoms with Crippen molar-refractivity contribution < 1.29 is 27.8 Å². The van der Waals surface area contributed by atoms with E-state index >= 15 is 0 Å². The van der Waals surface area contributed by atoms with Crippen molar-refractivity contribution in [1.82, 2.24) is 5.32 Å². The molecular weight excluding hydrogens is 324 g/mol. The highest BCUT2D eigenvalue weighted by atomic mass is 32.2. The molecule has 0 saturated carbocycles. The van der Waals surface area contributed by atoms with Crippen molar-refractivity contribution in [3.8, 4) is 0 Å². The summed E-state index contributed by atoms with van der Waals surface area (Å²) in [5, 5.41) is 5.58. The maximum atomic E-state index is 11.9. The number of carbonyl (C=O) groups excluding carboxylic acids is 2. The van der Waals surface area contributed by atoms with Crippen LogP contribution in [0.15, 0.2) is 23.1 Å². The molecule has 1 saturated heterocycles. The first-order chi connectivity index (χ1) is 11.0. The molecule has 8 nitrogen and oxygen atoms in total. The second-order valence-electron chi connectivity index (χ2n) is 4.95.